The van der Waals surface area contributed by atoms with E-state index < -0.39 is 0 Å². The molecular formula is C12H13ClO3. The average molecular weight is 241 g/mol. The maximum Gasteiger partial charge on any atom is 0.180 e. The van der Waals surface area contributed by atoms with Gasteiger partial charge >= 0.3 is 0 Å². The lowest BCUT2D eigenvalue weighted by atomic mass is 10.1. The number of aryl methyl sites for hydroxylation is 1. The van der Waals surface area contributed by atoms with Crippen molar-refractivity contribution in [2.45, 2.75) is 19.3 Å². The van der Waals surface area contributed by atoms with Crippen LogP contribution in [-0.4, -0.2) is 19.5 Å². The molecular weight excluding hydrogens is 228 g/mol. The van der Waals surface area contributed by atoms with Gasteiger partial charge in [-0.3, -0.25) is 0 Å². The number of carbonyl (C=O) groups is 1. The van der Waals surface area contributed by atoms with Gasteiger partial charge in [-0.25, -0.2) is 0 Å². The summed E-state index contributed by atoms with van der Waals surface area (Å²) in [6.07, 6.45) is 2.89. The Bertz CT molecular complexity index is 390. The second-order valence-corrected chi connectivity index (χ2v) is 4.03. The molecule has 1 aliphatic heterocycles. The molecule has 0 bridgehead atoms. The number of hydrogen-bond acceptors (Lipinski definition) is 3. The largest absolute Gasteiger partial charge is 0.489 e. The number of ether oxygens (including phenoxy) is 2. The fourth-order valence-corrected chi connectivity index (χ4v) is 1.89. The van der Waals surface area contributed by atoms with Gasteiger partial charge in [0.25, 0.3) is 0 Å². The summed E-state index contributed by atoms with van der Waals surface area (Å²) in [7, 11) is 0. The van der Waals surface area contributed by atoms with Crippen LogP contribution in [0.1, 0.15) is 18.4 Å². The van der Waals surface area contributed by atoms with E-state index in [-0.39, 0.29) is 0 Å². The third-order valence-electron chi connectivity index (χ3n) is 2.46. The average Bonchev–Trinajstić information content (AvgIpc) is 2.54. The number of fused-ring (bicyclic) bond motifs is 1. The highest BCUT2D eigenvalue weighted by atomic mass is 35.5. The lowest BCUT2D eigenvalue weighted by Crippen LogP contribution is -1.99. The van der Waals surface area contributed by atoms with E-state index in [2.05, 4.69) is 0 Å². The number of carbonyl (C=O) groups excluding carboxylic acids is 1. The molecule has 0 spiro atoms. The van der Waals surface area contributed by atoms with Gasteiger partial charge in [-0.2, -0.15) is 0 Å². The Morgan fingerprint density at radius 3 is 2.75 bits per heavy atom. The molecule has 0 unspecified atom stereocenters. The van der Waals surface area contributed by atoms with E-state index in [4.69, 9.17) is 21.1 Å². The van der Waals surface area contributed by atoms with Crippen molar-refractivity contribution in [3.05, 3.63) is 22.7 Å². The highest BCUT2D eigenvalue weighted by molar-refractivity contribution is 6.32. The standard InChI is InChI=1S/C12H13ClO3/c13-10-5-4-9(3-1-6-14)11-12(10)16-8-2-7-15-11/h4-6H,1-3,7-8H2. The highest BCUT2D eigenvalue weighted by Crippen LogP contribution is 2.39. The third-order valence-corrected chi connectivity index (χ3v) is 2.76. The molecule has 86 valence electrons. The fraction of sp³-hybridized carbons (Fsp3) is 0.417. The predicted molar refractivity (Wildman–Crippen MR) is 61.4 cm³/mol. The van der Waals surface area contributed by atoms with E-state index in [0.717, 1.165) is 18.3 Å². The molecule has 1 heterocycles. The van der Waals surface area contributed by atoms with Crippen molar-refractivity contribution >= 4 is 17.9 Å². The van der Waals surface area contributed by atoms with Crippen LogP contribution >= 0.6 is 11.6 Å². The van der Waals surface area contributed by atoms with Crippen molar-refractivity contribution in [2.75, 3.05) is 13.2 Å². The van der Waals surface area contributed by atoms with Gasteiger partial charge in [-0.05, 0) is 18.1 Å². The van der Waals surface area contributed by atoms with Gasteiger partial charge in [0.15, 0.2) is 11.5 Å². The molecule has 1 aliphatic rings. The summed E-state index contributed by atoms with van der Waals surface area (Å²) in [6, 6.07) is 3.68. The van der Waals surface area contributed by atoms with E-state index in [1.165, 1.54) is 0 Å². The number of aldehydes is 1. The van der Waals surface area contributed by atoms with E-state index in [1.54, 1.807) is 6.07 Å². The van der Waals surface area contributed by atoms with Gasteiger partial charge in [0.2, 0.25) is 0 Å². The predicted octanol–water partition coefficient (Wildman–Crippen LogP) is 2.63. The zero-order valence-corrected chi connectivity index (χ0v) is 9.63. The summed E-state index contributed by atoms with van der Waals surface area (Å²) in [5, 5.41) is 0.562. The molecule has 0 fully saturated rings. The Labute approximate surface area is 99.3 Å². The monoisotopic (exact) mass is 240 g/mol. The van der Waals surface area contributed by atoms with E-state index >= 15 is 0 Å². The van der Waals surface area contributed by atoms with Crippen LogP contribution in [0, 0.1) is 0 Å². The van der Waals surface area contributed by atoms with Gasteiger partial charge in [0, 0.05) is 12.8 Å². The van der Waals surface area contributed by atoms with Crippen molar-refractivity contribution in [3.8, 4) is 11.5 Å². The Morgan fingerprint density at radius 1 is 1.25 bits per heavy atom. The molecule has 0 saturated carbocycles. The van der Waals surface area contributed by atoms with Gasteiger partial charge in [-0.15, -0.1) is 0 Å². The summed E-state index contributed by atoms with van der Waals surface area (Å²) in [5.41, 5.74) is 0.980. The topological polar surface area (TPSA) is 35.5 Å². The molecule has 0 aromatic heterocycles. The molecule has 0 radical (unpaired) electrons. The zero-order valence-electron chi connectivity index (χ0n) is 8.87. The number of hydrogen-bond donors (Lipinski definition) is 0. The van der Waals surface area contributed by atoms with E-state index in [0.29, 0.717) is 42.6 Å². The molecule has 16 heavy (non-hydrogen) atoms. The molecule has 0 N–H and O–H groups in total. The van der Waals surface area contributed by atoms with Crippen LogP contribution in [0.15, 0.2) is 12.1 Å². The van der Waals surface area contributed by atoms with Gasteiger partial charge in [0.1, 0.15) is 6.29 Å². The van der Waals surface area contributed by atoms with Crippen LogP contribution in [0.2, 0.25) is 5.02 Å². The smallest absolute Gasteiger partial charge is 0.180 e. The molecule has 0 saturated heterocycles. The van der Waals surface area contributed by atoms with Crippen LogP contribution in [0.25, 0.3) is 0 Å². The van der Waals surface area contributed by atoms with Crippen LogP contribution in [0.3, 0.4) is 0 Å². The SMILES string of the molecule is O=CCCc1ccc(Cl)c2c1OCCCO2. The Kier molecular flexibility index (Phi) is 3.67. The van der Waals surface area contributed by atoms with Crippen molar-refractivity contribution in [1.82, 2.24) is 0 Å². The zero-order chi connectivity index (χ0) is 11.4. The highest BCUT2D eigenvalue weighted by Gasteiger charge is 2.17. The molecule has 1 aromatic carbocycles. The van der Waals surface area contributed by atoms with Gasteiger partial charge in [0.05, 0.1) is 18.2 Å². The Morgan fingerprint density at radius 2 is 2.00 bits per heavy atom. The minimum atomic E-state index is 0.484. The first-order valence-corrected chi connectivity index (χ1v) is 5.71. The third kappa shape index (κ3) is 2.30. The molecule has 2 rings (SSSR count). The maximum atomic E-state index is 10.4. The number of rotatable bonds is 3. The quantitative estimate of drug-likeness (QED) is 0.762. The minimum absolute atomic E-state index is 0.484. The normalized spacial score (nSPS) is 14.3. The molecule has 3 nitrogen and oxygen atoms in total. The molecule has 0 atom stereocenters. The van der Waals surface area contributed by atoms with Crippen LogP contribution in [0.5, 0.6) is 11.5 Å². The second kappa shape index (κ2) is 5.21. The van der Waals surface area contributed by atoms with Crippen molar-refractivity contribution in [2.24, 2.45) is 0 Å². The van der Waals surface area contributed by atoms with Crippen LogP contribution in [0.4, 0.5) is 0 Å². The molecule has 4 heteroatoms. The summed E-state index contributed by atoms with van der Waals surface area (Å²) in [4.78, 5) is 10.4. The van der Waals surface area contributed by atoms with Crippen molar-refractivity contribution < 1.29 is 14.3 Å². The maximum absolute atomic E-state index is 10.4. The first-order chi connectivity index (χ1) is 7.83. The van der Waals surface area contributed by atoms with Crippen molar-refractivity contribution in [3.63, 3.8) is 0 Å². The van der Waals surface area contributed by atoms with E-state index in [1.807, 2.05) is 6.07 Å². The fourth-order valence-electron chi connectivity index (χ4n) is 1.69. The van der Waals surface area contributed by atoms with Gasteiger partial charge in [-0.1, -0.05) is 17.7 Å². The first-order valence-electron chi connectivity index (χ1n) is 5.33. The lowest BCUT2D eigenvalue weighted by molar-refractivity contribution is -0.107. The minimum Gasteiger partial charge on any atom is -0.489 e. The summed E-state index contributed by atoms with van der Waals surface area (Å²) in [6.45, 7) is 1.24. The van der Waals surface area contributed by atoms with E-state index in [9.17, 15) is 4.79 Å². The molecule has 1 aromatic rings. The Hall–Kier alpha value is -1.22. The first kappa shape index (κ1) is 11.3. The van der Waals surface area contributed by atoms with Crippen LogP contribution < -0.4 is 9.47 Å². The summed E-state index contributed by atoms with van der Waals surface area (Å²) in [5.74, 6) is 1.31. The molecule has 0 aliphatic carbocycles. The summed E-state index contributed by atoms with van der Waals surface area (Å²) >= 11 is 6.05. The van der Waals surface area contributed by atoms with Gasteiger partial charge < -0.3 is 14.3 Å². The number of benzene rings is 1. The second-order valence-electron chi connectivity index (χ2n) is 3.62. The summed E-state index contributed by atoms with van der Waals surface area (Å²) < 4.78 is 11.2. The van der Waals surface area contributed by atoms with Crippen LogP contribution in [-0.2, 0) is 11.2 Å². The van der Waals surface area contributed by atoms with Crippen molar-refractivity contribution in [1.29, 1.82) is 0 Å². The lowest BCUT2D eigenvalue weighted by Gasteiger charge is -2.12. The number of halogens is 1. The molecule has 0 amide bonds. The Balaban J connectivity index is 2.35.